The minimum Gasteiger partial charge on any atom is -0.497 e. The van der Waals surface area contributed by atoms with Gasteiger partial charge in [0.05, 0.1) is 12.6 Å². The van der Waals surface area contributed by atoms with Crippen LogP contribution in [0.2, 0.25) is 0 Å². The lowest BCUT2D eigenvalue weighted by atomic mass is 10.1. The van der Waals surface area contributed by atoms with Gasteiger partial charge in [-0.05, 0) is 45.1 Å². The summed E-state index contributed by atoms with van der Waals surface area (Å²) in [7, 11) is 5.73. The molecule has 0 radical (unpaired) electrons. The van der Waals surface area contributed by atoms with Crippen LogP contribution in [0, 0.1) is 0 Å². The van der Waals surface area contributed by atoms with Gasteiger partial charge in [-0.1, -0.05) is 0 Å². The molecule has 0 atom stereocenters. The standard InChI is InChI=1S/C16H23N3O2/c1-5-17-16(20)19-11-12(8-9-18(2)3)14-7-6-13(21-4)10-15(14)19/h6-7,10-11H,5,8-9H2,1-4H3,(H,17,20). The highest BCUT2D eigenvalue weighted by Crippen LogP contribution is 2.26. The van der Waals surface area contributed by atoms with Crippen LogP contribution >= 0.6 is 0 Å². The van der Waals surface area contributed by atoms with E-state index in [9.17, 15) is 4.79 Å². The van der Waals surface area contributed by atoms with Gasteiger partial charge >= 0.3 is 6.03 Å². The summed E-state index contributed by atoms with van der Waals surface area (Å²) >= 11 is 0. The number of carbonyl (C=O) groups excluding carboxylic acids is 1. The number of rotatable bonds is 5. The van der Waals surface area contributed by atoms with Crippen LogP contribution in [0.5, 0.6) is 5.75 Å². The zero-order chi connectivity index (χ0) is 15.4. The van der Waals surface area contributed by atoms with E-state index in [2.05, 4.69) is 10.2 Å². The summed E-state index contributed by atoms with van der Waals surface area (Å²) in [5.74, 6) is 0.755. The minimum atomic E-state index is -0.105. The van der Waals surface area contributed by atoms with Crippen LogP contribution in [0.15, 0.2) is 24.4 Å². The molecule has 1 amide bonds. The number of nitrogens with zero attached hydrogens (tertiary/aromatic N) is 2. The predicted molar refractivity (Wildman–Crippen MR) is 85.2 cm³/mol. The molecule has 0 aliphatic carbocycles. The van der Waals surface area contributed by atoms with Gasteiger partial charge in [0.25, 0.3) is 0 Å². The first-order valence-corrected chi connectivity index (χ1v) is 7.17. The van der Waals surface area contributed by atoms with Crippen molar-refractivity contribution in [2.24, 2.45) is 0 Å². The molecule has 0 unspecified atom stereocenters. The smallest absolute Gasteiger partial charge is 0.326 e. The average molecular weight is 289 g/mol. The minimum absolute atomic E-state index is 0.105. The third-order valence-corrected chi connectivity index (χ3v) is 3.47. The lowest BCUT2D eigenvalue weighted by Crippen LogP contribution is -2.27. The highest BCUT2D eigenvalue weighted by Gasteiger charge is 2.14. The average Bonchev–Trinajstić information content (AvgIpc) is 2.83. The van der Waals surface area contributed by atoms with Gasteiger partial charge in [-0.2, -0.15) is 0 Å². The van der Waals surface area contributed by atoms with Gasteiger partial charge in [0.2, 0.25) is 0 Å². The molecular formula is C16H23N3O2. The number of methoxy groups -OCH3 is 1. The first-order chi connectivity index (χ1) is 10.1. The van der Waals surface area contributed by atoms with Crippen molar-refractivity contribution < 1.29 is 9.53 Å². The molecule has 0 saturated heterocycles. The molecule has 114 valence electrons. The Kier molecular flexibility index (Phi) is 4.85. The van der Waals surface area contributed by atoms with Crippen LogP contribution in [0.1, 0.15) is 12.5 Å². The molecule has 2 rings (SSSR count). The fourth-order valence-electron chi connectivity index (χ4n) is 2.35. The quantitative estimate of drug-likeness (QED) is 0.919. The van der Waals surface area contributed by atoms with Crippen molar-refractivity contribution in [3.63, 3.8) is 0 Å². The number of hydrogen-bond acceptors (Lipinski definition) is 3. The fraction of sp³-hybridized carbons (Fsp3) is 0.438. The van der Waals surface area contributed by atoms with E-state index in [-0.39, 0.29) is 6.03 Å². The Balaban J connectivity index is 2.47. The molecule has 21 heavy (non-hydrogen) atoms. The molecule has 0 saturated carbocycles. The second-order valence-corrected chi connectivity index (χ2v) is 5.30. The normalized spacial score (nSPS) is 11.1. The van der Waals surface area contributed by atoms with Gasteiger partial charge in [-0.3, -0.25) is 4.57 Å². The Morgan fingerprint density at radius 2 is 2.14 bits per heavy atom. The molecule has 2 aromatic rings. The van der Waals surface area contributed by atoms with Crippen molar-refractivity contribution in [1.29, 1.82) is 0 Å². The van der Waals surface area contributed by atoms with E-state index in [4.69, 9.17) is 4.74 Å². The van der Waals surface area contributed by atoms with Gasteiger partial charge in [-0.15, -0.1) is 0 Å². The van der Waals surface area contributed by atoms with Crippen LogP contribution < -0.4 is 10.1 Å². The summed E-state index contributed by atoms with van der Waals surface area (Å²) in [6.45, 7) is 3.47. The van der Waals surface area contributed by atoms with Crippen LogP contribution in [0.3, 0.4) is 0 Å². The molecule has 1 N–H and O–H groups in total. The van der Waals surface area contributed by atoms with Crippen molar-refractivity contribution in [3.05, 3.63) is 30.0 Å². The third-order valence-electron chi connectivity index (χ3n) is 3.47. The van der Waals surface area contributed by atoms with E-state index in [0.29, 0.717) is 6.54 Å². The van der Waals surface area contributed by atoms with Crippen molar-refractivity contribution in [2.75, 3.05) is 34.3 Å². The lowest BCUT2D eigenvalue weighted by molar-refractivity contribution is 0.244. The lowest BCUT2D eigenvalue weighted by Gasteiger charge is -2.08. The van der Waals surface area contributed by atoms with Crippen LogP contribution in [-0.2, 0) is 6.42 Å². The van der Waals surface area contributed by atoms with E-state index in [1.807, 2.05) is 45.4 Å². The Morgan fingerprint density at radius 1 is 1.38 bits per heavy atom. The van der Waals surface area contributed by atoms with Crippen LogP contribution in [0.25, 0.3) is 10.9 Å². The number of hydrogen-bond donors (Lipinski definition) is 1. The maximum absolute atomic E-state index is 12.2. The molecule has 1 aromatic heterocycles. The van der Waals surface area contributed by atoms with Crippen molar-refractivity contribution in [3.8, 4) is 5.75 Å². The second-order valence-electron chi connectivity index (χ2n) is 5.30. The van der Waals surface area contributed by atoms with Gasteiger partial charge in [0.1, 0.15) is 5.75 Å². The number of aromatic nitrogens is 1. The molecule has 0 aliphatic heterocycles. The molecule has 0 fully saturated rings. The first kappa shape index (κ1) is 15.4. The molecule has 0 aliphatic rings. The molecule has 0 spiro atoms. The molecular weight excluding hydrogens is 266 g/mol. The predicted octanol–water partition coefficient (Wildman–Crippen LogP) is 2.33. The van der Waals surface area contributed by atoms with Crippen molar-refractivity contribution >= 4 is 16.9 Å². The molecule has 0 bridgehead atoms. The van der Waals surface area contributed by atoms with Crippen molar-refractivity contribution in [2.45, 2.75) is 13.3 Å². The number of likely N-dealkylation sites (N-methyl/N-ethyl adjacent to an activating group) is 1. The third kappa shape index (κ3) is 3.36. The highest BCUT2D eigenvalue weighted by atomic mass is 16.5. The summed E-state index contributed by atoms with van der Waals surface area (Å²) in [6.07, 6.45) is 2.83. The van der Waals surface area contributed by atoms with Gasteiger partial charge in [0.15, 0.2) is 0 Å². The number of amides is 1. The number of nitrogens with one attached hydrogen (secondary N) is 1. The molecule has 1 heterocycles. The summed E-state index contributed by atoms with van der Waals surface area (Å²) in [6, 6.07) is 5.76. The SMILES string of the molecule is CCNC(=O)n1cc(CCN(C)C)c2ccc(OC)cc21. The number of carbonyl (C=O) groups is 1. The Bertz CT molecular complexity index is 632. The topological polar surface area (TPSA) is 46.5 Å². The van der Waals surface area contributed by atoms with Crippen LogP contribution in [-0.4, -0.2) is 49.8 Å². The molecule has 5 nitrogen and oxygen atoms in total. The zero-order valence-electron chi connectivity index (χ0n) is 13.1. The summed E-state index contributed by atoms with van der Waals surface area (Å²) in [4.78, 5) is 14.3. The van der Waals surface area contributed by atoms with E-state index < -0.39 is 0 Å². The molecule has 5 heteroatoms. The monoisotopic (exact) mass is 289 g/mol. The Labute approximate surface area is 125 Å². The van der Waals surface area contributed by atoms with Gasteiger partial charge < -0.3 is 15.0 Å². The summed E-state index contributed by atoms with van der Waals surface area (Å²) in [5, 5.41) is 3.94. The van der Waals surface area contributed by atoms with Crippen LogP contribution in [0.4, 0.5) is 4.79 Å². The number of benzene rings is 1. The maximum atomic E-state index is 12.2. The Morgan fingerprint density at radius 3 is 2.76 bits per heavy atom. The maximum Gasteiger partial charge on any atom is 0.326 e. The largest absolute Gasteiger partial charge is 0.497 e. The number of fused-ring (bicyclic) bond motifs is 1. The summed E-state index contributed by atoms with van der Waals surface area (Å²) in [5.41, 5.74) is 2.06. The summed E-state index contributed by atoms with van der Waals surface area (Å²) < 4.78 is 6.94. The van der Waals surface area contributed by atoms with E-state index in [1.54, 1.807) is 11.7 Å². The fourth-order valence-corrected chi connectivity index (χ4v) is 2.35. The van der Waals surface area contributed by atoms with Crippen molar-refractivity contribution in [1.82, 2.24) is 14.8 Å². The Hall–Kier alpha value is -2.01. The molecule has 1 aromatic carbocycles. The van der Waals surface area contributed by atoms with E-state index >= 15 is 0 Å². The van der Waals surface area contributed by atoms with Gasteiger partial charge in [0, 0.05) is 30.7 Å². The van der Waals surface area contributed by atoms with Gasteiger partial charge in [-0.25, -0.2) is 4.79 Å². The van der Waals surface area contributed by atoms with E-state index in [1.165, 1.54) is 5.56 Å². The number of ether oxygens (including phenoxy) is 1. The zero-order valence-corrected chi connectivity index (χ0v) is 13.1. The highest BCUT2D eigenvalue weighted by molar-refractivity contribution is 5.94. The van der Waals surface area contributed by atoms with E-state index in [0.717, 1.165) is 29.6 Å². The second kappa shape index (κ2) is 6.63. The first-order valence-electron chi connectivity index (χ1n) is 7.17.